The van der Waals surface area contributed by atoms with Gasteiger partial charge in [-0.3, -0.25) is 0 Å². The molecule has 6 nitrogen and oxygen atoms in total. The highest BCUT2D eigenvalue weighted by Crippen LogP contribution is 2.17. The van der Waals surface area contributed by atoms with Crippen molar-refractivity contribution in [3.05, 3.63) is 34.9 Å². The van der Waals surface area contributed by atoms with Crippen LogP contribution in [0.1, 0.15) is 12.8 Å². The van der Waals surface area contributed by atoms with E-state index < -0.39 is 0 Å². The van der Waals surface area contributed by atoms with E-state index >= 15 is 0 Å². The first-order valence-electron chi connectivity index (χ1n) is 6.87. The van der Waals surface area contributed by atoms with Gasteiger partial charge in [-0.1, -0.05) is 15.9 Å². The van der Waals surface area contributed by atoms with Gasteiger partial charge in [0.25, 0.3) is 0 Å². The first-order chi connectivity index (χ1) is 10.3. The van der Waals surface area contributed by atoms with E-state index in [0.717, 1.165) is 36.2 Å². The lowest BCUT2D eigenvalue weighted by atomic mass is 10.2. The van der Waals surface area contributed by atoms with Crippen LogP contribution in [0, 0.1) is 0 Å². The maximum absolute atomic E-state index is 5.57. The van der Waals surface area contributed by atoms with Gasteiger partial charge < -0.3 is 15.4 Å². The molecule has 2 N–H and O–H groups in total. The summed E-state index contributed by atoms with van der Waals surface area (Å²) in [4.78, 5) is 4.39. The van der Waals surface area contributed by atoms with Gasteiger partial charge >= 0.3 is 0 Å². The lowest BCUT2D eigenvalue weighted by Gasteiger charge is -2.11. The van der Waals surface area contributed by atoms with Gasteiger partial charge in [0.2, 0.25) is 5.95 Å². The molecule has 1 atom stereocenters. The molecule has 2 heterocycles. The van der Waals surface area contributed by atoms with Crippen LogP contribution in [0.4, 0.5) is 17.5 Å². The summed E-state index contributed by atoms with van der Waals surface area (Å²) in [5.41, 5.74) is 0.913. The first kappa shape index (κ1) is 14.2. The molecule has 0 aliphatic carbocycles. The highest BCUT2D eigenvalue weighted by atomic mass is 79.9. The second kappa shape index (κ2) is 6.82. The van der Waals surface area contributed by atoms with Gasteiger partial charge in [0.1, 0.15) is 0 Å². The average Bonchev–Trinajstić information content (AvgIpc) is 3.01. The number of anilines is 3. The Bertz CT molecular complexity index is 586. The second-order valence-electron chi connectivity index (χ2n) is 4.81. The van der Waals surface area contributed by atoms with Crippen molar-refractivity contribution in [1.29, 1.82) is 0 Å². The number of nitrogens with zero attached hydrogens (tertiary/aromatic N) is 3. The molecule has 1 fully saturated rings. The number of hydrogen-bond donors (Lipinski definition) is 2. The Morgan fingerprint density at radius 3 is 2.90 bits per heavy atom. The number of aromatic nitrogens is 3. The van der Waals surface area contributed by atoms with E-state index in [1.54, 1.807) is 6.20 Å². The molecule has 1 unspecified atom stereocenters. The third-order valence-electron chi connectivity index (χ3n) is 3.19. The average molecular weight is 350 g/mol. The van der Waals surface area contributed by atoms with Crippen molar-refractivity contribution in [2.24, 2.45) is 0 Å². The SMILES string of the molecule is Brc1ccc(Nc2nncc(NCC3CCCO3)n2)cc1. The van der Waals surface area contributed by atoms with Crippen molar-refractivity contribution in [2.75, 3.05) is 23.8 Å². The fraction of sp³-hybridized carbons (Fsp3) is 0.357. The first-order valence-corrected chi connectivity index (χ1v) is 7.67. The van der Waals surface area contributed by atoms with E-state index in [2.05, 4.69) is 41.7 Å². The summed E-state index contributed by atoms with van der Waals surface area (Å²) in [6, 6.07) is 7.80. The highest BCUT2D eigenvalue weighted by Gasteiger charge is 2.15. The van der Waals surface area contributed by atoms with Crippen LogP contribution < -0.4 is 10.6 Å². The summed E-state index contributed by atoms with van der Waals surface area (Å²) in [6.45, 7) is 1.60. The Labute approximate surface area is 131 Å². The van der Waals surface area contributed by atoms with E-state index in [1.807, 2.05) is 24.3 Å². The van der Waals surface area contributed by atoms with Crippen LogP contribution in [0.3, 0.4) is 0 Å². The number of benzene rings is 1. The normalized spacial score (nSPS) is 17.7. The minimum Gasteiger partial charge on any atom is -0.376 e. The minimum absolute atomic E-state index is 0.267. The molecule has 1 aromatic carbocycles. The van der Waals surface area contributed by atoms with Crippen LogP contribution in [-0.4, -0.2) is 34.4 Å². The second-order valence-corrected chi connectivity index (χ2v) is 5.73. The number of nitrogens with one attached hydrogen (secondary N) is 2. The van der Waals surface area contributed by atoms with Crippen molar-refractivity contribution in [2.45, 2.75) is 18.9 Å². The number of ether oxygens (including phenoxy) is 1. The third-order valence-corrected chi connectivity index (χ3v) is 3.72. The fourth-order valence-electron chi connectivity index (χ4n) is 2.13. The molecule has 21 heavy (non-hydrogen) atoms. The standard InChI is InChI=1S/C14H16BrN5O/c15-10-3-5-11(6-4-10)18-14-19-13(9-17-20-14)16-8-12-2-1-7-21-12/h3-6,9,12H,1-2,7-8H2,(H2,16,18,19,20). The Balaban J connectivity index is 1.60. The molecule has 0 spiro atoms. The summed E-state index contributed by atoms with van der Waals surface area (Å²) in [5, 5.41) is 14.3. The largest absolute Gasteiger partial charge is 0.376 e. The molecule has 1 aliphatic rings. The van der Waals surface area contributed by atoms with E-state index in [4.69, 9.17) is 4.74 Å². The lowest BCUT2D eigenvalue weighted by molar-refractivity contribution is 0.120. The van der Waals surface area contributed by atoms with Crippen LogP contribution in [-0.2, 0) is 4.74 Å². The predicted octanol–water partition coefficient (Wildman–Crippen LogP) is 2.97. The molecular weight excluding hydrogens is 334 g/mol. The highest BCUT2D eigenvalue weighted by molar-refractivity contribution is 9.10. The monoisotopic (exact) mass is 349 g/mol. The van der Waals surface area contributed by atoms with Gasteiger partial charge in [-0.2, -0.15) is 10.1 Å². The summed E-state index contributed by atoms with van der Waals surface area (Å²) in [7, 11) is 0. The van der Waals surface area contributed by atoms with Gasteiger partial charge in [0, 0.05) is 23.3 Å². The zero-order chi connectivity index (χ0) is 14.5. The van der Waals surface area contributed by atoms with Crippen molar-refractivity contribution in [1.82, 2.24) is 15.2 Å². The molecule has 0 radical (unpaired) electrons. The molecule has 1 saturated heterocycles. The minimum atomic E-state index is 0.267. The van der Waals surface area contributed by atoms with Crippen LogP contribution in [0.15, 0.2) is 34.9 Å². The van der Waals surface area contributed by atoms with Gasteiger partial charge in [0.15, 0.2) is 5.82 Å². The zero-order valence-electron chi connectivity index (χ0n) is 11.4. The van der Waals surface area contributed by atoms with Crippen molar-refractivity contribution in [3.8, 4) is 0 Å². The maximum Gasteiger partial charge on any atom is 0.249 e. The van der Waals surface area contributed by atoms with E-state index in [0.29, 0.717) is 11.8 Å². The maximum atomic E-state index is 5.57. The Morgan fingerprint density at radius 2 is 2.14 bits per heavy atom. The topological polar surface area (TPSA) is 72.0 Å². The molecule has 1 aromatic heterocycles. The van der Waals surface area contributed by atoms with E-state index in [1.165, 1.54) is 0 Å². The van der Waals surface area contributed by atoms with Crippen molar-refractivity contribution >= 4 is 33.4 Å². The van der Waals surface area contributed by atoms with Gasteiger partial charge in [-0.05, 0) is 37.1 Å². The van der Waals surface area contributed by atoms with Crippen LogP contribution >= 0.6 is 15.9 Å². The molecule has 1 aliphatic heterocycles. The van der Waals surface area contributed by atoms with Gasteiger partial charge in [0.05, 0.1) is 12.3 Å². The molecule has 0 amide bonds. The van der Waals surface area contributed by atoms with Gasteiger partial charge in [-0.15, -0.1) is 5.10 Å². The van der Waals surface area contributed by atoms with Gasteiger partial charge in [-0.25, -0.2) is 0 Å². The summed E-state index contributed by atoms with van der Waals surface area (Å²) < 4.78 is 6.59. The molecule has 7 heteroatoms. The van der Waals surface area contributed by atoms with E-state index in [9.17, 15) is 0 Å². The number of rotatable bonds is 5. The third kappa shape index (κ3) is 4.12. The molecule has 110 valence electrons. The van der Waals surface area contributed by atoms with Crippen molar-refractivity contribution < 1.29 is 4.74 Å². The quantitative estimate of drug-likeness (QED) is 0.864. The molecule has 2 aromatic rings. The van der Waals surface area contributed by atoms with Crippen LogP contribution in [0.5, 0.6) is 0 Å². The smallest absolute Gasteiger partial charge is 0.249 e. The fourth-order valence-corrected chi connectivity index (χ4v) is 2.39. The summed E-state index contributed by atoms with van der Waals surface area (Å²) in [5.74, 6) is 1.16. The van der Waals surface area contributed by atoms with Crippen molar-refractivity contribution in [3.63, 3.8) is 0 Å². The Hall–Kier alpha value is -1.73. The van der Waals surface area contributed by atoms with Crippen LogP contribution in [0.25, 0.3) is 0 Å². The molecular formula is C14H16BrN5O. The number of hydrogen-bond acceptors (Lipinski definition) is 6. The zero-order valence-corrected chi connectivity index (χ0v) is 13.0. The number of halogens is 1. The summed E-state index contributed by atoms with van der Waals surface area (Å²) in [6.07, 6.45) is 4.10. The van der Waals surface area contributed by atoms with Crippen LogP contribution in [0.2, 0.25) is 0 Å². The predicted molar refractivity (Wildman–Crippen MR) is 84.7 cm³/mol. The molecule has 0 bridgehead atoms. The lowest BCUT2D eigenvalue weighted by Crippen LogP contribution is -2.19. The molecule has 3 rings (SSSR count). The Morgan fingerprint density at radius 1 is 1.29 bits per heavy atom. The molecule has 0 saturated carbocycles. The Kier molecular flexibility index (Phi) is 4.62. The summed E-state index contributed by atoms with van der Waals surface area (Å²) >= 11 is 3.40. The van der Waals surface area contributed by atoms with E-state index in [-0.39, 0.29) is 6.10 Å².